The van der Waals surface area contributed by atoms with E-state index in [4.69, 9.17) is 4.74 Å². The molecule has 104 valence electrons. The zero-order valence-corrected chi connectivity index (χ0v) is 11.4. The molecule has 1 amide bonds. The molecule has 1 aliphatic heterocycles. The Morgan fingerprint density at radius 3 is 2.78 bits per heavy atom. The second kappa shape index (κ2) is 7.07. The number of hydrogen-bond donors (Lipinski definition) is 1. The smallest absolute Gasteiger partial charge is 0.236 e. The fraction of sp³-hybridized carbons (Fsp3) is 0.923. The van der Waals surface area contributed by atoms with Crippen molar-refractivity contribution in [2.75, 3.05) is 59.5 Å². The highest BCUT2D eigenvalue weighted by Crippen LogP contribution is 2.28. The third-order valence-electron chi connectivity index (χ3n) is 3.54. The number of nitrogens with one attached hydrogen (secondary N) is 1. The summed E-state index contributed by atoms with van der Waals surface area (Å²) in [4.78, 5) is 16.0. The van der Waals surface area contributed by atoms with E-state index in [9.17, 15) is 4.79 Å². The van der Waals surface area contributed by atoms with E-state index in [0.29, 0.717) is 6.54 Å². The summed E-state index contributed by atoms with van der Waals surface area (Å²) in [6.45, 7) is 6.49. The van der Waals surface area contributed by atoms with Crippen molar-refractivity contribution in [3.05, 3.63) is 0 Å². The minimum atomic E-state index is 0.237. The average Bonchev–Trinajstić information content (AvgIpc) is 3.20. The lowest BCUT2D eigenvalue weighted by molar-refractivity contribution is -0.132. The quantitative estimate of drug-likeness (QED) is 0.639. The van der Waals surface area contributed by atoms with Crippen LogP contribution in [0.15, 0.2) is 0 Å². The number of rotatable bonds is 7. The predicted octanol–water partition coefficient (Wildman–Crippen LogP) is -0.223. The molecule has 0 spiro atoms. The second-order valence-electron chi connectivity index (χ2n) is 5.39. The van der Waals surface area contributed by atoms with E-state index in [2.05, 4.69) is 10.2 Å². The Kier molecular flexibility index (Phi) is 5.41. The molecule has 1 saturated carbocycles. The van der Waals surface area contributed by atoms with Crippen molar-refractivity contribution in [1.29, 1.82) is 0 Å². The fourth-order valence-electron chi connectivity index (χ4n) is 2.08. The van der Waals surface area contributed by atoms with Crippen LogP contribution in [0, 0.1) is 5.92 Å². The maximum atomic E-state index is 12.0. The standard InChI is InChI=1S/C13H25N3O2/c1-15(8-9-18-11-12-2-3-12)10-13(17)16-6-4-14-5-7-16/h12,14H,2-11H2,1H3. The topological polar surface area (TPSA) is 44.8 Å². The molecule has 5 nitrogen and oxygen atoms in total. The first-order valence-electron chi connectivity index (χ1n) is 7.00. The van der Waals surface area contributed by atoms with Gasteiger partial charge in [-0.05, 0) is 25.8 Å². The number of likely N-dealkylation sites (N-methyl/N-ethyl adjacent to an activating group) is 1. The number of ether oxygens (including phenoxy) is 1. The summed E-state index contributed by atoms with van der Waals surface area (Å²) in [7, 11) is 1.99. The van der Waals surface area contributed by atoms with Gasteiger partial charge in [0.15, 0.2) is 0 Å². The summed E-state index contributed by atoms with van der Waals surface area (Å²) in [5.41, 5.74) is 0. The molecule has 0 radical (unpaired) electrons. The van der Waals surface area contributed by atoms with E-state index >= 15 is 0 Å². The van der Waals surface area contributed by atoms with Gasteiger partial charge in [-0.2, -0.15) is 0 Å². The number of carbonyl (C=O) groups is 1. The molecule has 0 unspecified atom stereocenters. The molecule has 2 fully saturated rings. The van der Waals surface area contributed by atoms with Crippen LogP contribution in [0.1, 0.15) is 12.8 Å². The van der Waals surface area contributed by atoms with E-state index in [1.165, 1.54) is 12.8 Å². The fourth-order valence-corrected chi connectivity index (χ4v) is 2.08. The molecule has 0 bridgehead atoms. The van der Waals surface area contributed by atoms with Gasteiger partial charge < -0.3 is 15.0 Å². The molecule has 0 aromatic heterocycles. The Balaban J connectivity index is 1.54. The highest BCUT2D eigenvalue weighted by molar-refractivity contribution is 5.78. The lowest BCUT2D eigenvalue weighted by Gasteiger charge is -2.29. The van der Waals surface area contributed by atoms with Gasteiger partial charge in [0.1, 0.15) is 0 Å². The van der Waals surface area contributed by atoms with E-state index in [1.807, 2.05) is 11.9 Å². The Morgan fingerprint density at radius 2 is 2.11 bits per heavy atom. The molecular weight excluding hydrogens is 230 g/mol. The summed E-state index contributed by atoms with van der Waals surface area (Å²) in [5.74, 6) is 1.05. The lowest BCUT2D eigenvalue weighted by Crippen LogP contribution is -2.49. The highest BCUT2D eigenvalue weighted by Gasteiger charge is 2.21. The van der Waals surface area contributed by atoms with Gasteiger partial charge in [-0.25, -0.2) is 0 Å². The van der Waals surface area contributed by atoms with Crippen LogP contribution < -0.4 is 5.32 Å². The summed E-state index contributed by atoms with van der Waals surface area (Å²) in [6.07, 6.45) is 2.66. The van der Waals surface area contributed by atoms with Crippen LogP contribution in [0.3, 0.4) is 0 Å². The number of hydrogen-bond acceptors (Lipinski definition) is 4. The van der Waals surface area contributed by atoms with Crippen LogP contribution in [-0.2, 0) is 9.53 Å². The van der Waals surface area contributed by atoms with Crippen LogP contribution in [0.2, 0.25) is 0 Å². The van der Waals surface area contributed by atoms with Gasteiger partial charge >= 0.3 is 0 Å². The lowest BCUT2D eigenvalue weighted by atomic mass is 10.3. The minimum Gasteiger partial charge on any atom is -0.380 e. The predicted molar refractivity (Wildman–Crippen MR) is 70.5 cm³/mol. The Morgan fingerprint density at radius 1 is 1.39 bits per heavy atom. The first-order valence-corrected chi connectivity index (χ1v) is 7.00. The van der Waals surface area contributed by atoms with E-state index in [0.717, 1.165) is 51.9 Å². The monoisotopic (exact) mass is 255 g/mol. The minimum absolute atomic E-state index is 0.237. The third kappa shape index (κ3) is 4.92. The zero-order valence-electron chi connectivity index (χ0n) is 11.4. The van der Waals surface area contributed by atoms with E-state index in [1.54, 1.807) is 0 Å². The summed E-state index contributed by atoms with van der Waals surface area (Å²) >= 11 is 0. The van der Waals surface area contributed by atoms with Gasteiger partial charge in [-0.15, -0.1) is 0 Å². The van der Waals surface area contributed by atoms with Crippen LogP contribution >= 0.6 is 0 Å². The summed E-state index contributed by atoms with van der Waals surface area (Å²) in [6, 6.07) is 0. The number of piperazine rings is 1. The molecule has 1 N–H and O–H groups in total. The maximum Gasteiger partial charge on any atom is 0.236 e. The second-order valence-corrected chi connectivity index (χ2v) is 5.39. The third-order valence-corrected chi connectivity index (χ3v) is 3.54. The average molecular weight is 255 g/mol. The molecule has 1 heterocycles. The first-order chi connectivity index (χ1) is 8.75. The SMILES string of the molecule is CN(CCOCC1CC1)CC(=O)N1CCNCC1. The van der Waals surface area contributed by atoms with Crippen LogP contribution in [0.4, 0.5) is 0 Å². The van der Waals surface area contributed by atoms with Crippen molar-refractivity contribution in [3.63, 3.8) is 0 Å². The Labute approximate surface area is 109 Å². The first kappa shape index (κ1) is 13.8. The van der Waals surface area contributed by atoms with Gasteiger partial charge in [0, 0.05) is 39.3 Å². The molecule has 2 aliphatic rings. The van der Waals surface area contributed by atoms with Crippen molar-refractivity contribution in [3.8, 4) is 0 Å². The zero-order chi connectivity index (χ0) is 12.8. The van der Waals surface area contributed by atoms with Gasteiger partial charge in [0.2, 0.25) is 5.91 Å². The van der Waals surface area contributed by atoms with Gasteiger partial charge in [0.25, 0.3) is 0 Å². The van der Waals surface area contributed by atoms with Gasteiger partial charge in [-0.1, -0.05) is 0 Å². The largest absolute Gasteiger partial charge is 0.380 e. The number of carbonyl (C=O) groups excluding carboxylic acids is 1. The molecule has 1 aliphatic carbocycles. The van der Waals surface area contributed by atoms with E-state index < -0.39 is 0 Å². The molecular formula is C13H25N3O2. The number of nitrogens with zero attached hydrogens (tertiary/aromatic N) is 2. The Bertz CT molecular complexity index is 263. The summed E-state index contributed by atoms with van der Waals surface area (Å²) in [5, 5.41) is 3.25. The normalized spacial score (nSPS) is 20.4. The molecule has 0 aromatic carbocycles. The molecule has 1 saturated heterocycles. The van der Waals surface area contributed by atoms with Crippen molar-refractivity contribution in [2.45, 2.75) is 12.8 Å². The maximum absolute atomic E-state index is 12.0. The van der Waals surface area contributed by atoms with Crippen molar-refractivity contribution >= 4 is 5.91 Å². The molecule has 5 heteroatoms. The molecule has 0 aromatic rings. The van der Waals surface area contributed by atoms with Gasteiger partial charge in [-0.3, -0.25) is 9.69 Å². The molecule has 2 rings (SSSR count). The van der Waals surface area contributed by atoms with Crippen molar-refractivity contribution in [2.24, 2.45) is 5.92 Å². The summed E-state index contributed by atoms with van der Waals surface area (Å²) < 4.78 is 5.58. The number of amides is 1. The van der Waals surface area contributed by atoms with Crippen molar-refractivity contribution in [1.82, 2.24) is 15.1 Å². The molecule has 18 heavy (non-hydrogen) atoms. The Hall–Kier alpha value is -0.650. The highest BCUT2D eigenvalue weighted by atomic mass is 16.5. The van der Waals surface area contributed by atoms with Crippen LogP contribution in [0.5, 0.6) is 0 Å². The molecule has 0 atom stereocenters. The van der Waals surface area contributed by atoms with Crippen LogP contribution in [0.25, 0.3) is 0 Å². The van der Waals surface area contributed by atoms with Crippen molar-refractivity contribution < 1.29 is 9.53 Å². The van der Waals surface area contributed by atoms with Gasteiger partial charge in [0.05, 0.1) is 13.2 Å². The van der Waals surface area contributed by atoms with E-state index in [-0.39, 0.29) is 5.91 Å². The van der Waals surface area contributed by atoms with Crippen LogP contribution in [-0.4, -0.2) is 75.2 Å².